The molecule has 2 aliphatic heterocycles. The Morgan fingerprint density at radius 2 is 2.33 bits per heavy atom. The second kappa shape index (κ2) is 4.38. The van der Waals surface area contributed by atoms with Gasteiger partial charge in [0.05, 0.1) is 24.6 Å². The number of fused-ring (bicyclic) bond motifs is 1. The fourth-order valence-electron chi connectivity index (χ4n) is 2.36. The molecule has 89 valence electrons. The number of rotatable bonds is 2. The Morgan fingerprint density at radius 1 is 1.44 bits per heavy atom. The van der Waals surface area contributed by atoms with Crippen molar-refractivity contribution in [2.45, 2.75) is 6.42 Å². The van der Waals surface area contributed by atoms with Gasteiger partial charge in [-0.2, -0.15) is 0 Å². The number of carbonyl (C=O) groups is 2. The van der Waals surface area contributed by atoms with E-state index < -0.39 is 0 Å². The van der Waals surface area contributed by atoms with Gasteiger partial charge in [0.2, 0.25) is 0 Å². The quantitative estimate of drug-likeness (QED) is 0.582. The van der Waals surface area contributed by atoms with Crippen LogP contribution in [-0.4, -0.2) is 42.3 Å². The first-order valence-electron chi connectivity index (χ1n) is 5.76. The van der Waals surface area contributed by atoms with Gasteiger partial charge in [0.15, 0.2) is 5.78 Å². The van der Waals surface area contributed by atoms with Gasteiger partial charge in [-0.3, -0.25) is 9.78 Å². The van der Waals surface area contributed by atoms with E-state index in [2.05, 4.69) is 10.3 Å². The summed E-state index contributed by atoms with van der Waals surface area (Å²) in [7, 11) is 1.40. The Hall–Kier alpha value is -1.95. The van der Waals surface area contributed by atoms with E-state index in [-0.39, 0.29) is 12.3 Å². The first-order valence-corrected chi connectivity index (χ1v) is 5.76. The zero-order valence-electron chi connectivity index (χ0n) is 9.72. The number of anilines is 1. The highest BCUT2D eigenvalue weighted by molar-refractivity contribution is 6.64. The Kier molecular flexibility index (Phi) is 2.72. The predicted molar refractivity (Wildman–Crippen MR) is 67.7 cm³/mol. The van der Waals surface area contributed by atoms with E-state index in [1.807, 2.05) is 6.07 Å². The molecule has 2 aliphatic rings. The number of hydrogen-bond acceptors (Lipinski definition) is 5. The molecule has 0 fully saturated rings. The highest BCUT2D eigenvalue weighted by atomic mass is 16.1. The molecule has 0 bridgehead atoms. The lowest BCUT2D eigenvalue weighted by molar-refractivity contribution is -0.116. The fourth-order valence-corrected chi connectivity index (χ4v) is 2.36. The summed E-state index contributed by atoms with van der Waals surface area (Å²) >= 11 is 0. The van der Waals surface area contributed by atoms with Crippen molar-refractivity contribution in [3.05, 3.63) is 35.3 Å². The number of aromatic nitrogens is 1. The summed E-state index contributed by atoms with van der Waals surface area (Å²) in [5.74, 6) is 0.0734. The minimum atomic E-state index is 0.0734. The zero-order chi connectivity index (χ0) is 12.5. The highest BCUT2D eigenvalue weighted by Crippen LogP contribution is 2.29. The van der Waals surface area contributed by atoms with Gasteiger partial charge >= 0.3 is 0 Å². The molecule has 18 heavy (non-hydrogen) atoms. The molecule has 1 N–H and O–H groups in total. The van der Waals surface area contributed by atoms with Crippen molar-refractivity contribution < 1.29 is 9.59 Å². The van der Waals surface area contributed by atoms with Crippen molar-refractivity contribution in [2.24, 2.45) is 0 Å². The Bertz CT molecular complexity index is 556. The maximum Gasteiger partial charge on any atom is 0.293 e. The van der Waals surface area contributed by atoms with Crippen LogP contribution in [0, 0.1) is 0 Å². The molecule has 3 heterocycles. The summed E-state index contributed by atoms with van der Waals surface area (Å²) in [4.78, 5) is 28.3. The zero-order valence-corrected chi connectivity index (χ0v) is 9.72. The van der Waals surface area contributed by atoms with Gasteiger partial charge in [-0.1, -0.05) is 0 Å². The number of Topliss-reactive ketones (excluding diaryl/α,β-unsaturated/α-hetero) is 1. The van der Waals surface area contributed by atoms with Crippen LogP contribution >= 0.6 is 0 Å². The predicted octanol–water partition coefficient (Wildman–Crippen LogP) is -0.00220. The van der Waals surface area contributed by atoms with E-state index in [4.69, 9.17) is 0 Å². The SMILES string of the molecule is O=C[B]N1CC(=O)C2=C(C1)Nc1cnccc1C2. The van der Waals surface area contributed by atoms with Crippen LogP contribution in [0.5, 0.6) is 0 Å². The minimum Gasteiger partial charge on any atom is -0.356 e. The average Bonchev–Trinajstić information content (AvgIpc) is 2.37. The van der Waals surface area contributed by atoms with E-state index in [9.17, 15) is 9.59 Å². The van der Waals surface area contributed by atoms with Crippen molar-refractivity contribution in [3.63, 3.8) is 0 Å². The van der Waals surface area contributed by atoms with Crippen molar-refractivity contribution >= 4 is 25.1 Å². The van der Waals surface area contributed by atoms with Crippen LogP contribution in [0.3, 0.4) is 0 Å². The van der Waals surface area contributed by atoms with Gasteiger partial charge in [0.1, 0.15) is 0 Å². The first kappa shape index (κ1) is 11.2. The standard InChI is InChI=1S/C12H11BN3O2/c17-7-13-16-5-11-9(12(18)6-16)3-8-1-2-14-4-10(8)15-11/h1-2,4,7,15H,3,5-6H2. The molecule has 0 saturated carbocycles. The molecule has 0 aliphatic carbocycles. The lowest BCUT2D eigenvalue weighted by Gasteiger charge is -2.32. The van der Waals surface area contributed by atoms with Gasteiger partial charge in [-0.25, -0.2) is 0 Å². The molecule has 0 atom stereocenters. The van der Waals surface area contributed by atoms with Gasteiger partial charge in [0, 0.05) is 30.4 Å². The Balaban J connectivity index is 1.91. The van der Waals surface area contributed by atoms with Gasteiger partial charge in [-0.05, 0) is 11.6 Å². The van der Waals surface area contributed by atoms with Crippen LogP contribution < -0.4 is 5.32 Å². The molecule has 5 nitrogen and oxygen atoms in total. The molecular weight excluding hydrogens is 229 g/mol. The van der Waals surface area contributed by atoms with Crippen LogP contribution in [0.2, 0.25) is 0 Å². The highest BCUT2D eigenvalue weighted by Gasteiger charge is 2.29. The number of carbonyl (C=O) groups excluding carboxylic acids is 2. The third kappa shape index (κ3) is 1.84. The molecule has 0 saturated heterocycles. The molecule has 0 spiro atoms. The number of nitrogens with one attached hydrogen (secondary N) is 1. The second-order valence-corrected chi connectivity index (χ2v) is 4.41. The van der Waals surface area contributed by atoms with Crippen molar-refractivity contribution in [1.82, 2.24) is 9.79 Å². The monoisotopic (exact) mass is 240 g/mol. The van der Waals surface area contributed by atoms with Crippen LogP contribution in [0.4, 0.5) is 5.69 Å². The molecule has 3 rings (SSSR count). The molecule has 1 aromatic heterocycles. The molecule has 1 radical (unpaired) electrons. The normalized spacial score (nSPS) is 18.8. The summed E-state index contributed by atoms with van der Waals surface area (Å²) < 4.78 is 0. The Morgan fingerprint density at radius 3 is 3.17 bits per heavy atom. The van der Waals surface area contributed by atoms with E-state index >= 15 is 0 Å². The molecule has 1 aromatic rings. The molecule has 0 amide bonds. The molecular formula is C12H11BN3O2. The maximum absolute atomic E-state index is 12.0. The smallest absolute Gasteiger partial charge is 0.293 e. The maximum atomic E-state index is 12.0. The minimum absolute atomic E-state index is 0.0734. The summed E-state index contributed by atoms with van der Waals surface area (Å²) in [5, 5.41) is 3.24. The number of pyridine rings is 1. The summed E-state index contributed by atoms with van der Waals surface area (Å²) in [6, 6.07) is 1.92. The first-order chi connectivity index (χ1) is 8.78. The van der Waals surface area contributed by atoms with E-state index in [1.54, 1.807) is 17.2 Å². The van der Waals surface area contributed by atoms with Crippen LogP contribution in [0.1, 0.15) is 5.56 Å². The Labute approximate surface area is 105 Å². The van der Waals surface area contributed by atoms with Gasteiger partial charge in [-0.15, -0.1) is 0 Å². The summed E-state index contributed by atoms with van der Waals surface area (Å²) in [5.41, 5.74) is 3.73. The third-order valence-corrected chi connectivity index (χ3v) is 3.24. The van der Waals surface area contributed by atoms with Crippen molar-refractivity contribution in [2.75, 3.05) is 18.4 Å². The van der Waals surface area contributed by atoms with E-state index in [0.717, 1.165) is 22.5 Å². The number of nitrogens with zero attached hydrogens (tertiary/aromatic N) is 2. The number of hydrogen-bond donors (Lipinski definition) is 1. The van der Waals surface area contributed by atoms with Crippen LogP contribution in [-0.2, 0) is 16.0 Å². The fraction of sp³-hybridized carbons (Fsp3) is 0.250. The van der Waals surface area contributed by atoms with Crippen molar-refractivity contribution in [3.8, 4) is 0 Å². The average molecular weight is 240 g/mol. The van der Waals surface area contributed by atoms with Gasteiger partial charge in [0.25, 0.3) is 7.41 Å². The van der Waals surface area contributed by atoms with Crippen LogP contribution in [0.25, 0.3) is 0 Å². The molecule has 0 unspecified atom stereocenters. The summed E-state index contributed by atoms with van der Waals surface area (Å²) in [6.45, 7) is 0.841. The van der Waals surface area contributed by atoms with E-state index in [0.29, 0.717) is 19.2 Å². The molecule has 0 aromatic carbocycles. The van der Waals surface area contributed by atoms with E-state index in [1.165, 1.54) is 7.41 Å². The summed E-state index contributed by atoms with van der Waals surface area (Å²) in [6.07, 6.45) is 4.84. The molecule has 6 heteroatoms. The lowest BCUT2D eigenvalue weighted by Crippen LogP contribution is -2.43. The number of ketones is 1. The largest absolute Gasteiger partial charge is 0.356 e. The lowest BCUT2D eigenvalue weighted by atomic mass is 9.86. The van der Waals surface area contributed by atoms with Crippen LogP contribution in [0.15, 0.2) is 29.7 Å². The second-order valence-electron chi connectivity index (χ2n) is 4.41. The van der Waals surface area contributed by atoms with Gasteiger partial charge < -0.3 is 14.9 Å². The third-order valence-electron chi connectivity index (χ3n) is 3.24. The topological polar surface area (TPSA) is 62.3 Å². The van der Waals surface area contributed by atoms with Crippen molar-refractivity contribution in [1.29, 1.82) is 0 Å².